The van der Waals surface area contributed by atoms with Crippen LogP contribution < -0.4 is 0 Å². The van der Waals surface area contributed by atoms with Gasteiger partial charge in [-0.05, 0) is 60.1 Å². The Hall–Kier alpha value is -2.55. The molecule has 1 atom stereocenters. The molecular weight excluding hydrogens is 372 g/mol. The fourth-order valence-electron chi connectivity index (χ4n) is 4.95. The Bertz CT molecular complexity index is 914. The van der Waals surface area contributed by atoms with E-state index in [0.29, 0.717) is 30.7 Å². The third-order valence-electron chi connectivity index (χ3n) is 6.75. The summed E-state index contributed by atoms with van der Waals surface area (Å²) in [6.07, 6.45) is 7.41. The molecule has 3 saturated heterocycles. The van der Waals surface area contributed by atoms with Crippen molar-refractivity contribution in [3.05, 3.63) is 23.9 Å². The zero-order chi connectivity index (χ0) is 19.8. The van der Waals surface area contributed by atoms with Crippen LogP contribution in [0.1, 0.15) is 48.9 Å². The van der Waals surface area contributed by atoms with Gasteiger partial charge in [0.15, 0.2) is 5.65 Å². The SMILES string of the molecule is O=C1CCC2(CCN(C(=O)c3ccc4nnnn4c3)CC2)CN1C[C@H]1CCCO1. The third-order valence-corrected chi connectivity index (χ3v) is 6.75. The maximum Gasteiger partial charge on any atom is 0.255 e. The molecule has 1 spiro atoms. The number of amides is 2. The van der Waals surface area contributed by atoms with Gasteiger partial charge in [0.05, 0.1) is 11.7 Å². The monoisotopic (exact) mass is 398 g/mol. The highest BCUT2D eigenvalue weighted by Crippen LogP contribution is 2.40. The molecule has 5 heterocycles. The molecule has 9 heteroatoms. The summed E-state index contributed by atoms with van der Waals surface area (Å²) in [6.45, 7) is 3.76. The summed E-state index contributed by atoms with van der Waals surface area (Å²) in [7, 11) is 0. The van der Waals surface area contributed by atoms with Gasteiger partial charge >= 0.3 is 0 Å². The predicted molar refractivity (Wildman–Crippen MR) is 103 cm³/mol. The van der Waals surface area contributed by atoms with Crippen LogP contribution in [0.25, 0.3) is 5.65 Å². The van der Waals surface area contributed by atoms with Crippen LogP contribution in [-0.2, 0) is 9.53 Å². The fourth-order valence-corrected chi connectivity index (χ4v) is 4.95. The molecule has 5 rings (SSSR count). The second-order valence-corrected chi connectivity index (χ2v) is 8.60. The average Bonchev–Trinajstić information content (AvgIpc) is 3.42. The number of ether oxygens (including phenoxy) is 1. The maximum absolute atomic E-state index is 12.9. The Balaban J connectivity index is 1.23. The molecule has 0 aromatic carbocycles. The van der Waals surface area contributed by atoms with Gasteiger partial charge in [-0.25, -0.2) is 0 Å². The molecule has 154 valence electrons. The predicted octanol–water partition coefficient (Wildman–Crippen LogP) is 1.15. The summed E-state index contributed by atoms with van der Waals surface area (Å²) in [4.78, 5) is 29.3. The highest BCUT2D eigenvalue weighted by molar-refractivity contribution is 5.94. The number of carbonyl (C=O) groups is 2. The zero-order valence-corrected chi connectivity index (χ0v) is 16.5. The molecule has 2 aromatic rings. The number of rotatable bonds is 3. The third kappa shape index (κ3) is 3.59. The number of likely N-dealkylation sites (tertiary alicyclic amines) is 2. The highest BCUT2D eigenvalue weighted by Gasteiger charge is 2.42. The zero-order valence-electron chi connectivity index (χ0n) is 16.5. The lowest BCUT2D eigenvalue weighted by molar-refractivity contribution is -0.141. The Kier molecular flexibility index (Phi) is 4.69. The molecule has 3 fully saturated rings. The van der Waals surface area contributed by atoms with E-state index in [1.165, 1.54) is 4.52 Å². The van der Waals surface area contributed by atoms with Gasteiger partial charge in [0.2, 0.25) is 5.91 Å². The van der Waals surface area contributed by atoms with E-state index in [1.54, 1.807) is 18.3 Å². The maximum atomic E-state index is 12.9. The number of hydrogen-bond donors (Lipinski definition) is 0. The number of fused-ring (bicyclic) bond motifs is 1. The molecule has 2 amide bonds. The van der Waals surface area contributed by atoms with Crippen LogP contribution in [0.2, 0.25) is 0 Å². The molecule has 2 aromatic heterocycles. The van der Waals surface area contributed by atoms with Crippen LogP contribution in [0.5, 0.6) is 0 Å². The van der Waals surface area contributed by atoms with E-state index in [9.17, 15) is 9.59 Å². The quantitative estimate of drug-likeness (QED) is 0.770. The number of pyridine rings is 1. The molecule has 0 unspecified atom stereocenters. The summed E-state index contributed by atoms with van der Waals surface area (Å²) in [6, 6.07) is 3.54. The number of nitrogens with zero attached hydrogens (tertiary/aromatic N) is 6. The van der Waals surface area contributed by atoms with Crippen molar-refractivity contribution in [2.45, 2.75) is 44.6 Å². The van der Waals surface area contributed by atoms with Crippen molar-refractivity contribution in [3.8, 4) is 0 Å². The van der Waals surface area contributed by atoms with E-state index in [2.05, 4.69) is 15.5 Å². The van der Waals surface area contributed by atoms with Crippen LogP contribution in [0.4, 0.5) is 0 Å². The summed E-state index contributed by atoms with van der Waals surface area (Å²) >= 11 is 0. The first kappa shape index (κ1) is 18.5. The molecule has 3 aliphatic heterocycles. The summed E-state index contributed by atoms with van der Waals surface area (Å²) in [5.74, 6) is 0.264. The largest absolute Gasteiger partial charge is 0.376 e. The van der Waals surface area contributed by atoms with Gasteiger partial charge in [-0.15, -0.1) is 5.10 Å². The Morgan fingerprint density at radius 3 is 2.90 bits per heavy atom. The van der Waals surface area contributed by atoms with Gasteiger partial charge < -0.3 is 14.5 Å². The van der Waals surface area contributed by atoms with Gasteiger partial charge in [0, 0.05) is 45.4 Å². The van der Waals surface area contributed by atoms with Gasteiger partial charge in [-0.3, -0.25) is 9.59 Å². The smallest absolute Gasteiger partial charge is 0.255 e. The Labute approximate surface area is 169 Å². The molecule has 0 aliphatic carbocycles. The minimum absolute atomic E-state index is 0.0142. The highest BCUT2D eigenvalue weighted by atomic mass is 16.5. The second-order valence-electron chi connectivity index (χ2n) is 8.60. The van der Waals surface area contributed by atoms with Crippen molar-refractivity contribution in [3.63, 3.8) is 0 Å². The normalized spacial score (nSPS) is 24.6. The number of carbonyl (C=O) groups excluding carboxylic acids is 2. The van der Waals surface area contributed by atoms with Crippen molar-refractivity contribution in [1.29, 1.82) is 0 Å². The van der Waals surface area contributed by atoms with Gasteiger partial charge in [0.1, 0.15) is 0 Å². The van der Waals surface area contributed by atoms with Crippen molar-refractivity contribution in [1.82, 2.24) is 29.8 Å². The first-order valence-electron chi connectivity index (χ1n) is 10.5. The molecule has 3 aliphatic rings. The number of tetrazole rings is 1. The number of piperidine rings is 2. The first-order chi connectivity index (χ1) is 14.1. The van der Waals surface area contributed by atoms with Crippen LogP contribution >= 0.6 is 0 Å². The van der Waals surface area contributed by atoms with Gasteiger partial charge in [-0.2, -0.15) is 4.52 Å². The lowest BCUT2D eigenvalue weighted by Crippen LogP contribution is -2.53. The Morgan fingerprint density at radius 2 is 2.10 bits per heavy atom. The second kappa shape index (κ2) is 7.37. The minimum atomic E-state index is 0.0142. The molecular formula is C20H26N6O3. The van der Waals surface area contributed by atoms with E-state index < -0.39 is 0 Å². The van der Waals surface area contributed by atoms with Crippen LogP contribution in [-0.4, -0.2) is 80.5 Å². The van der Waals surface area contributed by atoms with Crippen LogP contribution in [0, 0.1) is 5.41 Å². The topological polar surface area (TPSA) is 92.9 Å². The fraction of sp³-hybridized carbons (Fsp3) is 0.650. The van der Waals surface area contributed by atoms with E-state index in [0.717, 1.165) is 51.8 Å². The Morgan fingerprint density at radius 1 is 1.24 bits per heavy atom. The number of aromatic nitrogens is 4. The molecule has 29 heavy (non-hydrogen) atoms. The lowest BCUT2D eigenvalue weighted by Gasteiger charge is -2.47. The van der Waals surface area contributed by atoms with Crippen molar-refractivity contribution < 1.29 is 14.3 Å². The van der Waals surface area contributed by atoms with E-state index in [1.807, 2.05) is 9.80 Å². The van der Waals surface area contributed by atoms with Crippen molar-refractivity contribution in [2.75, 3.05) is 32.8 Å². The number of hydrogen-bond acceptors (Lipinski definition) is 6. The van der Waals surface area contributed by atoms with E-state index in [4.69, 9.17) is 4.74 Å². The summed E-state index contributed by atoms with van der Waals surface area (Å²) in [5, 5.41) is 11.4. The average molecular weight is 398 g/mol. The standard InChI is InChI=1S/C20H26N6O3/c27-18-5-6-20(14-25(18)13-16-2-1-11-29-16)7-9-24(10-8-20)19(28)15-3-4-17-21-22-23-26(17)12-15/h3-4,12,16H,1-2,5-11,13-14H2/t16-/m1/s1. The molecule has 0 saturated carbocycles. The van der Waals surface area contributed by atoms with Crippen LogP contribution in [0.15, 0.2) is 18.3 Å². The molecule has 0 N–H and O–H groups in total. The summed E-state index contributed by atoms with van der Waals surface area (Å²) < 4.78 is 7.26. The van der Waals surface area contributed by atoms with Crippen molar-refractivity contribution >= 4 is 17.5 Å². The minimum Gasteiger partial charge on any atom is -0.376 e. The lowest BCUT2D eigenvalue weighted by atomic mass is 9.72. The molecule has 9 nitrogen and oxygen atoms in total. The first-order valence-corrected chi connectivity index (χ1v) is 10.5. The van der Waals surface area contributed by atoms with E-state index >= 15 is 0 Å². The van der Waals surface area contributed by atoms with Gasteiger partial charge in [0.25, 0.3) is 5.91 Å². The van der Waals surface area contributed by atoms with Gasteiger partial charge in [-0.1, -0.05) is 0 Å². The van der Waals surface area contributed by atoms with E-state index in [-0.39, 0.29) is 23.3 Å². The molecule has 0 bridgehead atoms. The van der Waals surface area contributed by atoms with Crippen LogP contribution in [0.3, 0.4) is 0 Å². The van der Waals surface area contributed by atoms with Crippen molar-refractivity contribution in [2.24, 2.45) is 5.41 Å². The summed E-state index contributed by atoms with van der Waals surface area (Å²) in [5.41, 5.74) is 1.35. The molecule has 0 radical (unpaired) electrons.